The number of amides is 2. The highest BCUT2D eigenvalue weighted by Crippen LogP contribution is 2.42. The maximum Gasteiger partial charge on any atom is 0.412 e. The van der Waals surface area contributed by atoms with Gasteiger partial charge in [-0.2, -0.15) is 0 Å². The first kappa shape index (κ1) is 31.3. The average molecular weight is 597 g/mol. The molecule has 0 saturated heterocycles. The Labute approximate surface area is 254 Å². The van der Waals surface area contributed by atoms with E-state index in [1.807, 2.05) is 54.6 Å². The highest BCUT2D eigenvalue weighted by Gasteiger charge is 2.19. The molecule has 0 heterocycles. The van der Waals surface area contributed by atoms with Gasteiger partial charge >= 0.3 is 24.1 Å². The Morgan fingerprint density at radius 1 is 0.659 bits per heavy atom. The van der Waals surface area contributed by atoms with E-state index in [0.717, 1.165) is 21.5 Å². The van der Waals surface area contributed by atoms with Crippen LogP contribution in [0.2, 0.25) is 0 Å². The summed E-state index contributed by atoms with van der Waals surface area (Å²) in [7, 11) is 0. The zero-order valence-corrected chi connectivity index (χ0v) is 24.4. The van der Waals surface area contributed by atoms with E-state index in [0.29, 0.717) is 11.1 Å². The van der Waals surface area contributed by atoms with E-state index in [1.165, 1.54) is 13.8 Å². The van der Waals surface area contributed by atoms with Crippen molar-refractivity contribution in [1.29, 1.82) is 0 Å². The Bertz CT molecular complexity index is 1760. The molecule has 0 saturated carbocycles. The Morgan fingerprint density at radius 3 is 1.82 bits per heavy atom. The second-order valence-electron chi connectivity index (χ2n) is 9.82. The molecule has 10 heteroatoms. The number of carbonyl (C=O) groups is 4. The third-order valence-electron chi connectivity index (χ3n) is 6.31. The third-order valence-corrected chi connectivity index (χ3v) is 6.31. The molecule has 4 aromatic rings. The first-order valence-electron chi connectivity index (χ1n) is 13.8. The van der Waals surface area contributed by atoms with E-state index in [4.69, 9.17) is 18.9 Å². The van der Waals surface area contributed by atoms with Gasteiger partial charge in [0, 0.05) is 16.7 Å². The molecule has 10 nitrogen and oxygen atoms in total. The van der Waals surface area contributed by atoms with Crippen LogP contribution in [0, 0.1) is 0 Å². The molecule has 0 bridgehead atoms. The van der Waals surface area contributed by atoms with Gasteiger partial charge in [-0.15, -0.1) is 0 Å². The number of esters is 2. The smallest absolute Gasteiger partial charge is 0.412 e. The number of ether oxygens (including phenoxy) is 4. The summed E-state index contributed by atoms with van der Waals surface area (Å²) in [4.78, 5) is 48.5. The SMILES string of the molecule is C=C(C)C(=O)OCCNC(=O)Oc1cc(-c2c(OC(=O)NCCOC(=O)C(=C)C)ccc3ccccc23)c2ccccc2c1. The maximum atomic E-state index is 12.8. The summed E-state index contributed by atoms with van der Waals surface area (Å²) in [6, 6.07) is 22.1. The van der Waals surface area contributed by atoms with Crippen LogP contribution < -0.4 is 20.1 Å². The number of fused-ring (bicyclic) bond motifs is 2. The molecule has 0 unspecified atom stereocenters. The van der Waals surface area contributed by atoms with Crippen LogP contribution in [0.3, 0.4) is 0 Å². The fraction of sp³-hybridized carbons (Fsp3) is 0.176. The monoisotopic (exact) mass is 596 g/mol. The van der Waals surface area contributed by atoms with Gasteiger partial charge in [0.15, 0.2) is 0 Å². The van der Waals surface area contributed by atoms with Crippen LogP contribution in [0.5, 0.6) is 11.5 Å². The second kappa shape index (κ2) is 14.5. The molecular formula is C34H32N2O8. The molecule has 44 heavy (non-hydrogen) atoms. The molecule has 2 N–H and O–H groups in total. The number of benzene rings is 4. The first-order valence-corrected chi connectivity index (χ1v) is 13.8. The van der Waals surface area contributed by atoms with Gasteiger partial charge in [-0.05, 0) is 59.2 Å². The molecular weight excluding hydrogens is 564 g/mol. The van der Waals surface area contributed by atoms with E-state index < -0.39 is 24.1 Å². The molecule has 4 aromatic carbocycles. The number of hydrogen-bond donors (Lipinski definition) is 2. The summed E-state index contributed by atoms with van der Waals surface area (Å²) in [5.74, 6) is -0.581. The molecule has 0 aromatic heterocycles. The Kier molecular flexibility index (Phi) is 10.3. The van der Waals surface area contributed by atoms with Crippen LogP contribution in [0.1, 0.15) is 13.8 Å². The van der Waals surface area contributed by atoms with Crippen molar-refractivity contribution in [2.45, 2.75) is 13.8 Å². The van der Waals surface area contributed by atoms with E-state index in [2.05, 4.69) is 23.8 Å². The fourth-order valence-electron chi connectivity index (χ4n) is 4.28. The molecule has 0 radical (unpaired) electrons. The average Bonchev–Trinajstić information content (AvgIpc) is 3.00. The lowest BCUT2D eigenvalue weighted by Gasteiger charge is -2.17. The minimum Gasteiger partial charge on any atom is -0.460 e. The first-order chi connectivity index (χ1) is 21.1. The predicted octanol–water partition coefficient (Wildman–Crippen LogP) is 6.08. The molecule has 226 valence electrons. The van der Waals surface area contributed by atoms with E-state index in [9.17, 15) is 19.2 Å². The molecule has 0 fully saturated rings. The summed E-state index contributed by atoms with van der Waals surface area (Å²) in [5, 5.41) is 8.46. The zero-order valence-electron chi connectivity index (χ0n) is 24.4. The molecule has 0 aliphatic heterocycles. The highest BCUT2D eigenvalue weighted by molar-refractivity contribution is 6.08. The lowest BCUT2D eigenvalue weighted by atomic mass is 9.93. The lowest BCUT2D eigenvalue weighted by Crippen LogP contribution is -2.31. The van der Waals surface area contributed by atoms with Crippen LogP contribution >= 0.6 is 0 Å². The molecule has 0 aliphatic carbocycles. The normalized spacial score (nSPS) is 10.5. The van der Waals surface area contributed by atoms with Crippen LogP contribution in [0.25, 0.3) is 32.7 Å². The van der Waals surface area contributed by atoms with E-state index >= 15 is 0 Å². The second-order valence-corrected chi connectivity index (χ2v) is 9.82. The van der Waals surface area contributed by atoms with Gasteiger partial charge in [0.05, 0.1) is 13.1 Å². The highest BCUT2D eigenvalue weighted by atomic mass is 16.6. The van der Waals surface area contributed by atoms with Crippen molar-refractivity contribution in [2.75, 3.05) is 26.3 Å². The Morgan fingerprint density at radius 2 is 1.20 bits per heavy atom. The molecule has 2 amide bonds. The quantitative estimate of drug-likeness (QED) is 0.121. The van der Waals surface area contributed by atoms with Gasteiger partial charge in [0.1, 0.15) is 24.7 Å². The van der Waals surface area contributed by atoms with Gasteiger partial charge in [0.25, 0.3) is 0 Å². The lowest BCUT2D eigenvalue weighted by molar-refractivity contribution is -0.139. The largest absolute Gasteiger partial charge is 0.460 e. The number of hydrogen-bond acceptors (Lipinski definition) is 8. The molecule has 4 rings (SSSR count). The Balaban J connectivity index is 1.62. The Hall–Kier alpha value is -5.64. The van der Waals surface area contributed by atoms with Crippen molar-refractivity contribution < 1.29 is 38.1 Å². The van der Waals surface area contributed by atoms with Crippen molar-refractivity contribution in [3.63, 3.8) is 0 Å². The van der Waals surface area contributed by atoms with Crippen LogP contribution in [-0.4, -0.2) is 50.4 Å². The maximum absolute atomic E-state index is 12.8. The van der Waals surface area contributed by atoms with E-state index in [-0.39, 0.29) is 48.9 Å². The summed E-state index contributed by atoms with van der Waals surface area (Å²) in [6.45, 7) is 10.1. The number of rotatable bonds is 11. The van der Waals surface area contributed by atoms with Gasteiger partial charge in [-0.3, -0.25) is 0 Å². The van der Waals surface area contributed by atoms with Crippen molar-refractivity contribution in [3.8, 4) is 22.6 Å². The zero-order chi connectivity index (χ0) is 31.6. The van der Waals surface area contributed by atoms with Gasteiger partial charge < -0.3 is 29.6 Å². The van der Waals surface area contributed by atoms with Crippen molar-refractivity contribution in [1.82, 2.24) is 10.6 Å². The molecule has 0 spiro atoms. The minimum absolute atomic E-state index is 0.0362. The predicted molar refractivity (Wildman–Crippen MR) is 166 cm³/mol. The summed E-state index contributed by atoms with van der Waals surface area (Å²) in [5.41, 5.74) is 1.79. The third kappa shape index (κ3) is 8.01. The van der Waals surface area contributed by atoms with Crippen LogP contribution in [0.4, 0.5) is 9.59 Å². The van der Waals surface area contributed by atoms with Crippen molar-refractivity contribution >= 4 is 45.7 Å². The van der Waals surface area contributed by atoms with Crippen molar-refractivity contribution in [2.24, 2.45) is 0 Å². The number of carbonyl (C=O) groups excluding carboxylic acids is 4. The summed E-state index contributed by atoms with van der Waals surface area (Å²) in [6.07, 6.45) is -1.48. The molecule has 0 aliphatic rings. The van der Waals surface area contributed by atoms with E-state index in [1.54, 1.807) is 18.2 Å². The van der Waals surface area contributed by atoms with Crippen LogP contribution in [0.15, 0.2) is 97.1 Å². The standard InChI is InChI=1S/C34H32N2O8/c1-21(2)31(37)41-17-15-35-33(39)43-25-19-24-10-6-7-11-26(24)28(20-25)30-27-12-8-5-9-23(27)13-14-29(30)44-34(40)36-16-18-42-32(38)22(3)4/h5-14,19-20H,1,3,15-18H2,2,4H3,(H,35,39)(H,36,40). The summed E-state index contributed by atoms with van der Waals surface area (Å²) >= 11 is 0. The fourth-order valence-corrected chi connectivity index (χ4v) is 4.28. The minimum atomic E-state index is -0.739. The van der Waals surface area contributed by atoms with Gasteiger partial charge in [-0.25, -0.2) is 19.2 Å². The van der Waals surface area contributed by atoms with Gasteiger partial charge in [0.2, 0.25) is 0 Å². The summed E-state index contributed by atoms with van der Waals surface area (Å²) < 4.78 is 21.4. The number of nitrogens with one attached hydrogen (secondary N) is 2. The topological polar surface area (TPSA) is 129 Å². The van der Waals surface area contributed by atoms with Crippen LogP contribution in [-0.2, 0) is 19.1 Å². The van der Waals surface area contributed by atoms with Gasteiger partial charge in [-0.1, -0.05) is 67.8 Å². The van der Waals surface area contributed by atoms with Crippen molar-refractivity contribution in [3.05, 3.63) is 97.1 Å². The molecule has 0 atom stereocenters.